The van der Waals surface area contributed by atoms with Crippen molar-refractivity contribution < 1.29 is 0 Å². The van der Waals surface area contributed by atoms with Crippen LogP contribution in [-0.2, 0) is 16.2 Å². The third-order valence-corrected chi connectivity index (χ3v) is 14.2. The predicted molar refractivity (Wildman–Crippen MR) is 236 cm³/mol. The number of rotatable bonds is 0. The first-order chi connectivity index (χ1) is 25.4. The summed E-state index contributed by atoms with van der Waals surface area (Å²) in [7, 11) is 0. The summed E-state index contributed by atoms with van der Waals surface area (Å²) in [6.45, 7) is 36.0. The van der Waals surface area contributed by atoms with Gasteiger partial charge >= 0.3 is 0 Å². The van der Waals surface area contributed by atoms with E-state index in [0.29, 0.717) is 0 Å². The highest BCUT2D eigenvalue weighted by Crippen LogP contribution is 2.59. The number of fused-ring (bicyclic) bond motifs is 4. The maximum Gasteiger partial charge on any atom is 0.0619 e. The van der Waals surface area contributed by atoms with Gasteiger partial charge in [0, 0.05) is 33.2 Å². The molecule has 3 heterocycles. The van der Waals surface area contributed by atoms with Gasteiger partial charge in [-0.05, 0) is 128 Å². The largest absolute Gasteiger partial charge is 0.307 e. The Morgan fingerprint density at radius 2 is 1.09 bits per heavy atom. The molecule has 3 aromatic heterocycles. The van der Waals surface area contributed by atoms with Crippen LogP contribution in [0.1, 0.15) is 155 Å². The van der Waals surface area contributed by atoms with Crippen molar-refractivity contribution in [3.05, 3.63) is 126 Å². The minimum Gasteiger partial charge on any atom is -0.307 e. The van der Waals surface area contributed by atoms with E-state index in [0.717, 1.165) is 0 Å². The van der Waals surface area contributed by atoms with Gasteiger partial charge in [0.15, 0.2) is 0 Å². The van der Waals surface area contributed by atoms with Gasteiger partial charge < -0.3 is 4.40 Å². The van der Waals surface area contributed by atoms with E-state index in [1.165, 1.54) is 115 Å². The molecule has 1 nitrogen and oxygen atoms in total. The summed E-state index contributed by atoms with van der Waals surface area (Å²) in [6.07, 6.45) is 10.5. The van der Waals surface area contributed by atoms with Crippen molar-refractivity contribution in [3.8, 4) is 0 Å². The van der Waals surface area contributed by atoms with Gasteiger partial charge in [-0.15, -0.1) is 0 Å². The zero-order valence-electron chi connectivity index (χ0n) is 35.9. The molecule has 278 valence electrons. The summed E-state index contributed by atoms with van der Waals surface area (Å²) in [5, 5.41) is 11.7. The standard InChI is InChI=1S/C54H57N/c1-50(2,3)26-16-31-32-17-27(51(4,5)6)19-34-36-21-29(53(10,11)12)23-38-40-25-30(54(13,14)15)24-39-37-22-28(52(7,8)9)20-35-33(18-26)41(31)45-46(42(32)34)49(44(36)38)55(47(39)40)48(45)43(35)37/h16-25,35,42H,1-15H3. The van der Waals surface area contributed by atoms with E-state index in [-0.39, 0.29) is 38.9 Å². The molecule has 2 unspecified atom stereocenters. The van der Waals surface area contributed by atoms with Gasteiger partial charge in [0.05, 0.1) is 16.6 Å². The maximum absolute atomic E-state index is 2.81. The Morgan fingerprint density at radius 1 is 0.491 bits per heavy atom. The van der Waals surface area contributed by atoms with Crippen LogP contribution in [0.25, 0.3) is 55.3 Å². The van der Waals surface area contributed by atoms with Crippen molar-refractivity contribution in [2.45, 2.75) is 132 Å². The maximum atomic E-state index is 2.81. The molecule has 0 fully saturated rings. The molecule has 0 aliphatic heterocycles. The lowest BCUT2D eigenvalue weighted by Gasteiger charge is -2.37. The molecule has 0 N–H and O–H groups in total. The lowest BCUT2D eigenvalue weighted by Crippen LogP contribution is -2.31. The van der Waals surface area contributed by atoms with E-state index in [2.05, 4.69) is 169 Å². The summed E-state index contributed by atoms with van der Waals surface area (Å²) < 4.78 is 2.81. The van der Waals surface area contributed by atoms with Gasteiger partial charge in [-0.2, -0.15) is 0 Å². The highest BCUT2D eigenvalue weighted by Gasteiger charge is 2.44. The fraction of sp³-hybridized carbons (Fsp3) is 0.407. The van der Waals surface area contributed by atoms with Crippen LogP contribution in [0.2, 0.25) is 0 Å². The van der Waals surface area contributed by atoms with Crippen LogP contribution in [0.3, 0.4) is 0 Å². The lowest BCUT2D eigenvalue weighted by molar-refractivity contribution is 0.516. The Hall–Kier alpha value is -4.36. The number of hydrogen-bond donors (Lipinski definition) is 0. The van der Waals surface area contributed by atoms with E-state index in [1.807, 2.05) is 0 Å². The SMILES string of the molecule is CC(C)(C)C1=CC2=c3cc(C(C)(C)C)cc4c3=c3c5c6c7c(cc(C(C)(C)C)cc7c7cc(C(C)(C)C)cc8c9c(c3n6c87)C4C=C(C(C)(C)C)C=9)C(=C1)C25. The first-order valence-electron chi connectivity index (χ1n) is 20.9. The van der Waals surface area contributed by atoms with E-state index in [1.54, 1.807) is 5.56 Å². The molecule has 6 aromatic rings. The van der Waals surface area contributed by atoms with Crippen LogP contribution in [0, 0.1) is 21.3 Å². The number of benzene rings is 3. The number of hydrogen-bond acceptors (Lipinski definition) is 0. The zero-order chi connectivity index (χ0) is 39.0. The highest BCUT2D eigenvalue weighted by atomic mass is 14.9. The topological polar surface area (TPSA) is 4.41 Å². The Kier molecular flexibility index (Phi) is 5.92. The summed E-state index contributed by atoms with van der Waals surface area (Å²) in [5.41, 5.74) is 20.6. The monoisotopic (exact) mass is 719 g/mol. The molecule has 0 bridgehead atoms. The molecular formula is C54H57N. The minimum atomic E-state index is -0.00532. The second-order valence-corrected chi connectivity index (χ2v) is 23.1. The predicted octanol–water partition coefficient (Wildman–Crippen LogP) is 12.9. The average molecular weight is 720 g/mol. The van der Waals surface area contributed by atoms with Crippen molar-refractivity contribution in [2.24, 2.45) is 10.8 Å². The molecule has 0 saturated heterocycles. The van der Waals surface area contributed by atoms with Gasteiger partial charge in [0.1, 0.15) is 0 Å². The fourth-order valence-electron chi connectivity index (χ4n) is 11.0. The Balaban J connectivity index is 1.55. The lowest BCUT2D eigenvalue weighted by atomic mass is 9.65. The van der Waals surface area contributed by atoms with E-state index < -0.39 is 0 Å². The number of aromatic nitrogens is 1. The second-order valence-electron chi connectivity index (χ2n) is 23.1. The summed E-state index contributed by atoms with van der Waals surface area (Å²) in [5.74, 6) is 0.388. The number of nitrogens with zero attached hydrogens (tertiary/aromatic N) is 1. The first kappa shape index (κ1) is 33.9. The van der Waals surface area contributed by atoms with E-state index in [9.17, 15) is 0 Å². The third kappa shape index (κ3) is 4.11. The van der Waals surface area contributed by atoms with Crippen LogP contribution in [0.4, 0.5) is 0 Å². The van der Waals surface area contributed by atoms with Crippen LogP contribution < -0.4 is 10.4 Å². The number of pyridine rings is 2. The van der Waals surface area contributed by atoms with Crippen molar-refractivity contribution in [2.75, 3.05) is 0 Å². The Bertz CT molecular complexity index is 3180. The van der Waals surface area contributed by atoms with Crippen LogP contribution in [-0.4, -0.2) is 4.40 Å². The van der Waals surface area contributed by atoms with Crippen LogP contribution in [0.15, 0.2) is 65.8 Å². The number of allylic oxidation sites excluding steroid dienone is 6. The van der Waals surface area contributed by atoms with Gasteiger partial charge in [0.25, 0.3) is 0 Å². The molecule has 11 rings (SSSR count). The van der Waals surface area contributed by atoms with Gasteiger partial charge in [-0.25, -0.2) is 0 Å². The first-order valence-corrected chi connectivity index (χ1v) is 20.9. The van der Waals surface area contributed by atoms with Crippen molar-refractivity contribution in [1.82, 2.24) is 4.40 Å². The van der Waals surface area contributed by atoms with Gasteiger partial charge in [0.2, 0.25) is 0 Å². The highest BCUT2D eigenvalue weighted by molar-refractivity contribution is 6.25. The molecule has 0 amide bonds. The molecule has 5 aliphatic carbocycles. The van der Waals surface area contributed by atoms with Crippen molar-refractivity contribution in [1.29, 1.82) is 0 Å². The zero-order valence-corrected chi connectivity index (χ0v) is 35.9. The fourth-order valence-corrected chi connectivity index (χ4v) is 11.0. The molecule has 5 aliphatic rings. The quantitative estimate of drug-likeness (QED) is 0.109. The van der Waals surface area contributed by atoms with Crippen LogP contribution in [0.5, 0.6) is 0 Å². The molecule has 2 atom stereocenters. The minimum absolute atomic E-state index is 0.00119. The second kappa shape index (κ2) is 9.59. The smallest absolute Gasteiger partial charge is 0.0619 e. The summed E-state index contributed by atoms with van der Waals surface area (Å²) in [4.78, 5) is 0. The molecule has 55 heavy (non-hydrogen) atoms. The van der Waals surface area contributed by atoms with E-state index in [4.69, 9.17) is 0 Å². The molecule has 0 radical (unpaired) electrons. The molecule has 1 heteroatoms. The summed E-state index contributed by atoms with van der Waals surface area (Å²) in [6, 6.07) is 15.6. The molecule has 0 saturated carbocycles. The Morgan fingerprint density at radius 3 is 1.73 bits per heavy atom. The Labute approximate surface area is 326 Å². The van der Waals surface area contributed by atoms with Crippen molar-refractivity contribution in [3.63, 3.8) is 0 Å². The van der Waals surface area contributed by atoms with E-state index >= 15 is 0 Å². The van der Waals surface area contributed by atoms with Gasteiger partial charge in [-0.1, -0.05) is 146 Å². The molecule has 0 spiro atoms. The average Bonchev–Trinajstić information content (AvgIpc) is 3.44. The summed E-state index contributed by atoms with van der Waals surface area (Å²) >= 11 is 0. The van der Waals surface area contributed by atoms with Crippen LogP contribution >= 0.6 is 0 Å². The van der Waals surface area contributed by atoms with Crippen molar-refractivity contribution >= 4 is 55.3 Å². The molecule has 3 aromatic carbocycles. The molecular weight excluding hydrogens is 663 g/mol. The van der Waals surface area contributed by atoms with Gasteiger partial charge in [-0.3, -0.25) is 0 Å². The normalized spacial score (nSPS) is 20.0. The third-order valence-electron chi connectivity index (χ3n) is 14.2.